The molecule has 9 heteroatoms. The monoisotopic (exact) mass is 465 g/mol. The maximum Gasteiger partial charge on any atom is 0.278 e. The molecule has 8 nitrogen and oxygen atoms in total. The fourth-order valence-electron chi connectivity index (χ4n) is 3.16. The number of hydrogen-bond donors (Lipinski definition) is 3. The molecule has 0 aliphatic carbocycles. The topological polar surface area (TPSA) is 117 Å². The highest BCUT2D eigenvalue weighted by Crippen LogP contribution is 2.27. The Morgan fingerprint density at radius 1 is 1.00 bits per heavy atom. The van der Waals surface area contributed by atoms with Crippen molar-refractivity contribution in [3.05, 3.63) is 63.4 Å². The highest BCUT2D eigenvalue weighted by Gasteiger charge is 2.19. The molecular weight excluding hydrogens is 438 g/mol. The maximum atomic E-state index is 12.8. The van der Waals surface area contributed by atoms with Gasteiger partial charge in [0.1, 0.15) is 0 Å². The standard InChI is InChI=1S/C24H27N5O3S/c1-6-20(30)25-19-10-8-14(3)12-17(19)21-23(32)27-24(29-28-21)33-16(5)22(31)26-18-9-7-13(2)11-15(18)4/h7-12,16H,6H2,1-5H3,(H,25,30)(H,26,31)(H,27,29,32). The van der Waals surface area contributed by atoms with E-state index in [0.717, 1.165) is 34.1 Å². The molecule has 2 aromatic carbocycles. The van der Waals surface area contributed by atoms with Crippen LogP contribution in [0.15, 0.2) is 46.3 Å². The van der Waals surface area contributed by atoms with Gasteiger partial charge in [-0.2, -0.15) is 0 Å². The minimum Gasteiger partial charge on any atom is -0.325 e. The van der Waals surface area contributed by atoms with E-state index in [1.807, 2.05) is 45.0 Å². The fraction of sp³-hybridized carbons (Fsp3) is 0.292. The first-order chi connectivity index (χ1) is 15.7. The molecule has 3 rings (SSSR count). The Morgan fingerprint density at radius 2 is 1.67 bits per heavy atom. The van der Waals surface area contributed by atoms with E-state index in [0.29, 0.717) is 17.7 Å². The number of aryl methyl sites for hydroxylation is 3. The normalized spacial score (nSPS) is 11.7. The Labute approximate surface area is 196 Å². The van der Waals surface area contributed by atoms with Gasteiger partial charge in [-0.3, -0.25) is 19.4 Å². The van der Waals surface area contributed by atoms with E-state index in [1.165, 1.54) is 0 Å². The van der Waals surface area contributed by atoms with Crippen LogP contribution in [0.25, 0.3) is 11.3 Å². The molecule has 172 valence electrons. The van der Waals surface area contributed by atoms with Gasteiger partial charge >= 0.3 is 0 Å². The van der Waals surface area contributed by atoms with Crippen molar-refractivity contribution in [2.75, 3.05) is 10.6 Å². The summed E-state index contributed by atoms with van der Waals surface area (Å²) in [4.78, 5) is 40.0. The molecule has 1 heterocycles. The number of nitrogens with one attached hydrogen (secondary N) is 3. The number of anilines is 2. The molecule has 0 bridgehead atoms. The molecule has 0 aliphatic heterocycles. The lowest BCUT2D eigenvalue weighted by Gasteiger charge is -2.14. The largest absolute Gasteiger partial charge is 0.325 e. The van der Waals surface area contributed by atoms with Crippen LogP contribution in [-0.4, -0.2) is 32.2 Å². The van der Waals surface area contributed by atoms with Crippen LogP contribution in [0, 0.1) is 20.8 Å². The summed E-state index contributed by atoms with van der Waals surface area (Å²) in [6, 6.07) is 11.2. The quantitative estimate of drug-likeness (QED) is 0.450. The van der Waals surface area contributed by atoms with Crippen LogP contribution in [0.2, 0.25) is 0 Å². The lowest BCUT2D eigenvalue weighted by Crippen LogP contribution is -2.24. The van der Waals surface area contributed by atoms with Gasteiger partial charge in [0.05, 0.1) is 10.9 Å². The van der Waals surface area contributed by atoms with Crippen molar-refractivity contribution in [2.45, 2.75) is 51.4 Å². The number of amides is 2. The number of aromatic amines is 1. The van der Waals surface area contributed by atoms with Gasteiger partial charge in [0, 0.05) is 17.7 Å². The summed E-state index contributed by atoms with van der Waals surface area (Å²) in [5, 5.41) is 13.6. The minimum absolute atomic E-state index is 0.0989. The van der Waals surface area contributed by atoms with Gasteiger partial charge in [-0.25, -0.2) is 0 Å². The smallest absolute Gasteiger partial charge is 0.278 e. The Bertz CT molecular complexity index is 1260. The fourth-order valence-corrected chi connectivity index (χ4v) is 3.90. The molecule has 0 saturated carbocycles. The van der Waals surface area contributed by atoms with Gasteiger partial charge in [0.25, 0.3) is 5.56 Å². The van der Waals surface area contributed by atoms with Gasteiger partial charge in [-0.05, 0) is 51.5 Å². The zero-order chi connectivity index (χ0) is 24.1. The van der Waals surface area contributed by atoms with Crippen LogP contribution < -0.4 is 16.2 Å². The van der Waals surface area contributed by atoms with Crippen molar-refractivity contribution in [3.8, 4) is 11.3 Å². The Hall–Kier alpha value is -3.46. The third-order valence-corrected chi connectivity index (χ3v) is 5.97. The van der Waals surface area contributed by atoms with Crippen molar-refractivity contribution in [1.29, 1.82) is 0 Å². The number of aromatic nitrogens is 3. The summed E-state index contributed by atoms with van der Waals surface area (Å²) >= 11 is 1.11. The van der Waals surface area contributed by atoms with Gasteiger partial charge in [-0.1, -0.05) is 48.0 Å². The number of nitrogens with zero attached hydrogens (tertiary/aromatic N) is 2. The number of H-pyrrole nitrogens is 1. The van der Waals surface area contributed by atoms with E-state index in [1.54, 1.807) is 26.0 Å². The van der Waals surface area contributed by atoms with Gasteiger partial charge < -0.3 is 10.6 Å². The highest BCUT2D eigenvalue weighted by atomic mass is 32.2. The molecule has 0 radical (unpaired) electrons. The molecule has 1 atom stereocenters. The summed E-state index contributed by atoms with van der Waals surface area (Å²) < 4.78 is 0. The molecule has 3 aromatic rings. The van der Waals surface area contributed by atoms with Crippen molar-refractivity contribution in [1.82, 2.24) is 15.2 Å². The second-order valence-electron chi connectivity index (χ2n) is 7.83. The zero-order valence-electron chi connectivity index (χ0n) is 19.3. The number of hydrogen-bond acceptors (Lipinski definition) is 6. The molecule has 33 heavy (non-hydrogen) atoms. The predicted octanol–water partition coefficient (Wildman–Crippen LogP) is 4.22. The molecule has 1 unspecified atom stereocenters. The van der Waals surface area contributed by atoms with Crippen molar-refractivity contribution >= 4 is 35.0 Å². The summed E-state index contributed by atoms with van der Waals surface area (Å²) in [6.07, 6.45) is 0.312. The molecule has 0 saturated heterocycles. The summed E-state index contributed by atoms with van der Waals surface area (Å²) in [5.74, 6) is -0.373. The zero-order valence-corrected chi connectivity index (χ0v) is 20.1. The molecule has 1 aromatic heterocycles. The molecule has 2 amide bonds. The molecule has 3 N–H and O–H groups in total. The average Bonchev–Trinajstić information content (AvgIpc) is 2.77. The lowest BCUT2D eigenvalue weighted by atomic mass is 10.1. The van der Waals surface area contributed by atoms with Crippen LogP contribution in [0.3, 0.4) is 0 Å². The van der Waals surface area contributed by atoms with E-state index in [2.05, 4.69) is 25.8 Å². The lowest BCUT2D eigenvalue weighted by molar-refractivity contribution is -0.116. The SMILES string of the molecule is CCC(=O)Nc1ccc(C)cc1-c1nnc(SC(C)C(=O)Nc2ccc(C)cc2C)[nH]c1=O. The molecule has 0 fully saturated rings. The van der Waals surface area contributed by atoms with Gasteiger partial charge in [0.2, 0.25) is 11.8 Å². The van der Waals surface area contributed by atoms with Crippen LogP contribution in [-0.2, 0) is 9.59 Å². The van der Waals surface area contributed by atoms with E-state index in [4.69, 9.17) is 0 Å². The number of carbonyl (C=O) groups is 2. The predicted molar refractivity (Wildman–Crippen MR) is 132 cm³/mol. The number of rotatable bonds is 7. The number of benzene rings is 2. The number of thioether (sulfide) groups is 1. The van der Waals surface area contributed by atoms with Gasteiger partial charge in [0.15, 0.2) is 10.9 Å². The first-order valence-electron chi connectivity index (χ1n) is 10.6. The third kappa shape index (κ3) is 6.07. The van der Waals surface area contributed by atoms with E-state index >= 15 is 0 Å². The summed E-state index contributed by atoms with van der Waals surface area (Å²) in [6.45, 7) is 9.30. The summed E-state index contributed by atoms with van der Waals surface area (Å²) in [7, 11) is 0. The molecular formula is C24H27N5O3S. The number of carbonyl (C=O) groups excluding carboxylic acids is 2. The molecule has 0 aliphatic rings. The van der Waals surface area contributed by atoms with Crippen LogP contribution in [0.4, 0.5) is 11.4 Å². The van der Waals surface area contributed by atoms with E-state index in [-0.39, 0.29) is 22.7 Å². The van der Waals surface area contributed by atoms with Crippen molar-refractivity contribution in [2.24, 2.45) is 0 Å². The molecule has 0 spiro atoms. The highest BCUT2D eigenvalue weighted by molar-refractivity contribution is 8.00. The van der Waals surface area contributed by atoms with E-state index < -0.39 is 10.8 Å². The van der Waals surface area contributed by atoms with Crippen molar-refractivity contribution in [3.63, 3.8) is 0 Å². The first kappa shape index (κ1) is 24.2. The van der Waals surface area contributed by atoms with E-state index in [9.17, 15) is 14.4 Å². The van der Waals surface area contributed by atoms with Crippen LogP contribution in [0.5, 0.6) is 0 Å². The van der Waals surface area contributed by atoms with Crippen LogP contribution >= 0.6 is 11.8 Å². The van der Waals surface area contributed by atoms with Gasteiger partial charge in [-0.15, -0.1) is 10.2 Å². The second-order valence-corrected chi connectivity index (χ2v) is 9.16. The maximum absolute atomic E-state index is 12.8. The Kier molecular flexibility index (Phi) is 7.65. The minimum atomic E-state index is -0.514. The second kappa shape index (κ2) is 10.4. The van der Waals surface area contributed by atoms with Crippen LogP contribution in [0.1, 0.15) is 37.0 Å². The Balaban J connectivity index is 1.78. The summed E-state index contributed by atoms with van der Waals surface area (Å²) in [5.41, 5.74) is 4.38. The third-order valence-electron chi connectivity index (χ3n) is 5.00. The Morgan fingerprint density at radius 3 is 2.30 bits per heavy atom. The average molecular weight is 466 g/mol. The van der Waals surface area contributed by atoms with Crippen molar-refractivity contribution < 1.29 is 9.59 Å². The first-order valence-corrected chi connectivity index (χ1v) is 11.5.